The number of fused-ring (bicyclic) bond motifs is 1. The standard InChI is InChI=1S/C16H20FN3O/c1-11-12(2)20-7-6-19(10-16(20)18-11)9-15(21)13-4-3-5-14(17)8-13/h3-5,8,15,21H,6-7,9-10H2,1-2H3. The predicted molar refractivity (Wildman–Crippen MR) is 78.3 cm³/mol. The monoisotopic (exact) mass is 289 g/mol. The molecule has 0 amide bonds. The lowest BCUT2D eigenvalue weighted by Gasteiger charge is -2.29. The third kappa shape index (κ3) is 2.84. The first kappa shape index (κ1) is 14.2. The van der Waals surface area contributed by atoms with Crippen molar-refractivity contribution in [3.63, 3.8) is 0 Å². The Morgan fingerprint density at radius 1 is 1.33 bits per heavy atom. The average Bonchev–Trinajstić information content (AvgIpc) is 2.73. The van der Waals surface area contributed by atoms with E-state index in [9.17, 15) is 9.50 Å². The van der Waals surface area contributed by atoms with Gasteiger partial charge in [-0.05, 0) is 31.5 Å². The fourth-order valence-electron chi connectivity index (χ4n) is 2.88. The maximum Gasteiger partial charge on any atom is 0.123 e. The number of hydrogen-bond donors (Lipinski definition) is 1. The van der Waals surface area contributed by atoms with Crippen molar-refractivity contribution in [3.8, 4) is 0 Å². The third-order valence-corrected chi connectivity index (χ3v) is 4.21. The normalized spacial score (nSPS) is 16.8. The molecule has 0 aliphatic carbocycles. The Bertz CT molecular complexity index is 653. The van der Waals surface area contributed by atoms with E-state index in [1.165, 1.54) is 17.8 Å². The minimum absolute atomic E-state index is 0.313. The van der Waals surface area contributed by atoms with Gasteiger partial charge in [0.25, 0.3) is 0 Å². The highest BCUT2D eigenvalue weighted by Gasteiger charge is 2.22. The lowest BCUT2D eigenvalue weighted by Crippen LogP contribution is -2.36. The van der Waals surface area contributed by atoms with Gasteiger partial charge in [0.05, 0.1) is 18.3 Å². The van der Waals surface area contributed by atoms with Crippen molar-refractivity contribution in [2.24, 2.45) is 0 Å². The Hall–Kier alpha value is -1.72. The van der Waals surface area contributed by atoms with Crippen LogP contribution in [0.2, 0.25) is 0 Å². The molecule has 5 heteroatoms. The van der Waals surface area contributed by atoms with Crippen molar-refractivity contribution >= 4 is 0 Å². The van der Waals surface area contributed by atoms with Crippen LogP contribution >= 0.6 is 0 Å². The van der Waals surface area contributed by atoms with Crippen LogP contribution in [0.25, 0.3) is 0 Å². The number of benzene rings is 1. The smallest absolute Gasteiger partial charge is 0.123 e. The van der Waals surface area contributed by atoms with Crippen molar-refractivity contribution in [2.75, 3.05) is 13.1 Å². The van der Waals surface area contributed by atoms with Crippen LogP contribution in [0.4, 0.5) is 4.39 Å². The molecule has 112 valence electrons. The summed E-state index contributed by atoms with van der Waals surface area (Å²) in [7, 11) is 0. The highest BCUT2D eigenvalue weighted by molar-refractivity contribution is 5.19. The predicted octanol–water partition coefficient (Wildman–Crippen LogP) is 2.19. The molecule has 0 fully saturated rings. The highest BCUT2D eigenvalue weighted by atomic mass is 19.1. The van der Waals surface area contributed by atoms with Crippen LogP contribution in [0, 0.1) is 19.7 Å². The molecular formula is C16H20FN3O. The molecule has 1 aliphatic heterocycles. The zero-order chi connectivity index (χ0) is 15.0. The van der Waals surface area contributed by atoms with E-state index in [-0.39, 0.29) is 5.82 Å². The van der Waals surface area contributed by atoms with Gasteiger partial charge in [0.2, 0.25) is 0 Å². The Balaban J connectivity index is 1.69. The van der Waals surface area contributed by atoms with Gasteiger partial charge in [0, 0.05) is 25.3 Å². The summed E-state index contributed by atoms with van der Waals surface area (Å²) in [5, 5.41) is 10.3. The van der Waals surface area contributed by atoms with Crippen LogP contribution in [0.5, 0.6) is 0 Å². The molecule has 4 nitrogen and oxygen atoms in total. The van der Waals surface area contributed by atoms with E-state index >= 15 is 0 Å². The van der Waals surface area contributed by atoms with Gasteiger partial charge in [0.15, 0.2) is 0 Å². The number of rotatable bonds is 3. The van der Waals surface area contributed by atoms with Gasteiger partial charge in [-0.15, -0.1) is 0 Å². The lowest BCUT2D eigenvalue weighted by atomic mass is 10.1. The molecule has 0 bridgehead atoms. The number of aromatic nitrogens is 2. The molecule has 2 heterocycles. The Morgan fingerprint density at radius 3 is 2.90 bits per heavy atom. The van der Waals surface area contributed by atoms with E-state index in [2.05, 4.69) is 21.4 Å². The second-order valence-electron chi connectivity index (χ2n) is 5.66. The quantitative estimate of drug-likeness (QED) is 0.941. The van der Waals surface area contributed by atoms with Crippen LogP contribution in [0.1, 0.15) is 28.9 Å². The zero-order valence-electron chi connectivity index (χ0n) is 12.4. The second kappa shape index (κ2) is 5.58. The Morgan fingerprint density at radius 2 is 2.14 bits per heavy atom. The van der Waals surface area contributed by atoms with Crippen LogP contribution < -0.4 is 0 Å². The molecule has 0 saturated carbocycles. The van der Waals surface area contributed by atoms with Crippen LogP contribution in [-0.2, 0) is 13.1 Å². The molecule has 2 aromatic rings. The first-order valence-electron chi connectivity index (χ1n) is 7.23. The van der Waals surface area contributed by atoms with Crippen LogP contribution in [0.15, 0.2) is 24.3 Å². The molecule has 1 N–H and O–H groups in total. The summed E-state index contributed by atoms with van der Waals surface area (Å²) >= 11 is 0. The molecule has 21 heavy (non-hydrogen) atoms. The van der Waals surface area contributed by atoms with Crippen LogP contribution in [-0.4, -0.2) is 32.6 Å². The van der Waals surface area contributed by atoms with Crippen molar-refractivity contribution in [2.45, 2.75) is 33.0 Å². The summed E-state index contributed by atoms with van der Waals surface area (Å²) in [6.07, 6.45) is -0.676. The number of aliphatic hydroxyl groups excluding tert-OH is 1. The molecule has 1 aromatic heterocycles. The molecule has 1 aromatic carbocycles. The van der Waals surface area contributed by atoms with Gasteiger partial charge < -0.3 is 9.67 Å². The van der Waals surface area contributed by atoms with E-state index < -0.39 is 6.10 Å². The summed E-state index contributed by atoms with van der Waals surface area (Å²) in [5.41, 5.74) is 2.91. The molecular weight excluding hydrogens is 269 g/mol. The topological polar surface area (TPSA) is 41.3 Å². The van der Waals surface area contributed by atoms with E-state index in [4.69, 9.17) is 0 Å². The van der Waals surface area contributed by atoms with Gasteiger partial charge in [-0.1, -0.05) is 12.1 Å². The molecule has 0 saturated heterocycles. The van der Waals surface area contributed by atoms with Gasteiger partial charge in [-0.25, -0.2) is 9.37 Å². The number of hydrogen-bond acceptors (Lipinski definition) is 3. The number of nitrogens with zero attached hydrogens (tertiary/aromatic N) is 3. The molecule has 1 aliphatic rings. The first-order chi connectivity index (χ1) is 10.0. The van der Waals surface area contributed by atoms with E-state index in [0.717, 1.165) is 31.2 Å². The summed E-state index contributed by atoms with van der Waals surface area (Å²) < 4.78 is 15.4. The fraction of sp³-hybridized carbons (Fsp3) is 0.438. The first-order valence-corrected chi connectivity index (χ1v) is 7.23. The Labute approximate surface area is 123 Å². The Kier molecular flexibility index (Phi) is 3.78. The van der Waals surface area contributed by atoms with Crippen molar-refractivity contribution in [3.05, 3.63) is 52.9 Å². The van der Waals surface area contributed by atoms with E-state index in [0.29, 0.717) is 12.1 Å². The molecule has 1 unspecified atom stereocenters. The second-order valence-corrected chi connectivity index (χ2v) is 5.66. The average molecular weight is 289 g/mol. The highest BCUT2D eigenvalue weighted by Crippen LogP contribution is 2.20. The molecule has 3 rings (SSSR count). The van der Waals surface area contributed by atoms with Gasteiger partial charge in [0.1, 0.15) is 11.6 Å². The van der Waals surface area contributed by atoms with E-state index in [1.807, 2.05) is 6.92 Å². The maximum atomic E-state index is 13.2. The van der Waals surface area contributed by atoms with Crippen molar-refractivity contribution < 1.29 is 9.50 Å². The van der Waals surface area contributed by atoms with Crippen LogP contribution in [0.3, 0.4) is 0 Å². The molecule has 0 radical (unpaired) electrons. The van der Waals surface area contributed by atoms with Gasteiger partial charge >= 0.3 is 0 Å². The van der Waals surface area contributed by atoms with E-state index in [1.54, 1.807) is 12.1 Å². The summed E-state index contributed by atoms with van der Waals surface area (Å²) in [4.78, 5) is 6.74. The molecule has 0 spiro atoms. The number of aliphatic hydroxyl groups is 1. The number of β-amino-alcohol motifs (C(OH)–C–C–N with tert-alkyl or cyclic N) is 1. The number of aryl methyl sites for hydroxylation is 1. The minimum atomic E-state index is -0.676. The molecule has 1 atom stereocenters. The number of halogens is 1. The summed E-state index contributed by atoms with van der Waals surface area (Å²) in [5.74, 6) is 0.731. The van der Waals surface area contributed by atoms with Crippen molar-refractivity contribution in [1.82, 2.24) is 14.5 Å². The third-order valence-electron chi connectivity index (χ3n) is 4.21. The fourth-order valence-corrected chi connectivity index (χ4v) is 2.88. The maximum absolute atomic E-state index is 13.2. The van der Waals surface area contributed by atoms with Crippen molar-refractivity contribution in [1.29, 1.82) is 0 Å². The lowest BCUT2D eigenvalue weighted by molar-refractivity contribution is 0.0958. The SMILES string of the molecule is Cc1nc2n(c1C)CCN(CC(O)c1cccc(F)c1)C2. The van der Waals surface area contributed by atoms with Gasteiger partial charge in [-0.2, -0.15) is 0 Å². The summed E-state index contributed by atoms with van der Waals surface area (Å²) in [6, 6.07) is 6.17. The van der Waals surface area contributed by atoms with Gasteiger partial charge in [-0.3, -0.25) is 4.90 Å². The zero-order valence-corrected chi connectivity index (χ0v) is 12.4. The summed E-state index contributed by atoms with van der Waals surface area (Å²) in [6.45, 7) is 7.08. The largest absolute Gasteiger partial charge is 0.387 e. The minimum Gasteiger partial charge on any atom is -0.387 e. The number of imidazole rings is 1.